The first-order valence-electron chi connectivity index (χ1n) is 8.53. The van der Waals surface area contributed by atoms with E-state index in [0.29, 0.717) is 38.5 Å². The summed E-state index contributed by atoms with van der Waals surface area (Å²) in [5, 5.41) is 2.73. The van der Waals surface area contributed by atoms with Crippen molar-refractivity contribution < 1.29 is 14.3 Å². The molecule has 1 saturated heterocycles. The van der Waals surface area contributed by atoms with Gasteiger partial charge in [-0.3, -0.25) is 14.6 Å². The molecule has 0 aliphatic carbocycles. The lowest BCUT2D eigenvalue weighted by Crippen LogP contribution is -2.50. The minimum atomic E-state index is 0.0497. The first-order chi connectivity index (χ1) is 12.5. The Kier molecular flexibility index (Phi) is 5.82. The van der Waals surface area contributed by atoms with Crippen LogP contribution < -0.4 is 4.74 Å². The predicted octanol–water partition coefficient (Wildman–Crippen LogP) is 1.66. The smallest absolute Gasteiger partial charge is 0.228 e. The number of hydrogen-bond acceptors (Lipinski definition) is 6. The highest BCUT2D eigenvalue weighted by Gasteiger charge is 2.22. The summed E-state index contributed by atoms with van der Waals surface area (Å²) in [4.78, 5) is 36.0. The number of piperazine rings is 1. The topological polar surface area (TPSA) is 75.6 Å². The highest BCUT2D eigenvalue weighted by Crippen LogP contribution is 2.16. The van der Waals surface area contributed by atoms with E-state index in [4.69, 9.17) is 4.74 Å². The average molecular weight is 374 g/mol. The molecule has 2 aromatic heterocycles. The minimum Gasteiger partial charge on any atom is -0.485 e. The molecule has 0 atom stereocenters. The molecule has 1 fully saturated rings. The molecule has 8 heteroatoms. The van der Waals surface area contributed by atoms with E-state index in [1.165, 1.54) is 11.3 Å². The van der Waals surface area contributed by atoms with Crippen molar-refractivity contribution in [2.75, 3.05) is 26.2 Å². The van der Waals surface area contributed by atoms with E-state index < -0.39 is 0 Å². The fourth-order valence-electron chi connectivity index (χ4n) is 2.72. The molecule has 0 unspecified atom stereocenters. The number of thiazole rings is 1. The number of pyridine rings is 1. The number of amides is 2. The molecule has 7 nitrogen and oxygen atoms in total. The van der Waals surface area contributed by atoms with Gasteiger partial charge in [-0.1, -0.05) is 0 Å². The van der Waals surface area contributed by atoms with Crippen LogP contribution in [-0.2, 0) is 22.6 Å². The average Bonchev–Trinajstić information content (AvgIpc) is 3.08. The van der Waals surface area contributed by atoms with Gasteiger partial charge < -0.3 is 14.5 Å². The number of aryl methyl sites for hydroxylation is 1. The molecule has 1 aliphatic rings. The Bertz CT molecular complexity index is 767. The minimum absolute atomic E-state index is 0.0497. The van der Waals surface area contributed by atoms with E-state index in [0.717, 1.165) is 16.4 Å². The molecule has 0 aromatic carbocycles. The second-order valence-electron chi connectivity index (χ2n) is 6.22. The molecule has 0 bridgehead atoms. The van der Waals surface area contributed by atoms with E-state index in [-0.39, 0.29) is 18.2 Å². The van der Waals surface area contributed by atoms with Crippen molar-refractivity contribution in [1.82, 2.24) is 19.8 Å². The van der Waals surface area contributed by atoms with Gasteiger partial charge in [-0.25, -0.2) is 4.98 Å². The molecule has 2 aromatic rings. The number of hydrogen-bond donors (Lipinski definition) is 0. The lowest BCUT2D eigenvalue weighted by Gasteiger charge is -2.34. The molecule has 1 aliphatic heterocycles. The SMILES string of the molecule is CC(=O)N1CCN(C(=O)Cc2csc(COc3ccc(C)nc3)n2)CC1. The van der Waals surface area contributed by atoms with Gasteiger partial charge in [0.2, 0.25) is 11.8 Å². The molecule has 138 valence electrons. The Hall–Kier alpha value is -2.48. The summed E-state index contributed by atoms with van der Waals surface area (Å²) in [5.74, 6) is 0.811. The second kappa shape index (κ2) is 8.27. The Morgan fingerprint density at radius 3 is 2.58 bits per heavy atom. The second-order valence-corrected chi connectivity index (χ2v) is 7.16. The summed E-state index contributed by atoms with van der Waals surface area (Å²) in [5.41, 5.74) is 1.70. The fourth-order valence-corrected chi connectivity index (χ4v) is 3.42. The molecule has 2 amide bonds. The van der Waals surface area contributed by atoms with Crippen molar-refractivity contribution in [1.29, 1.82) is 0 Å². The van der Waals surface area contributed by atoms with Crippen LogP contribution in [0.5, 0.6) is 5.75 Å². The van der Waals surface area contributed by atoms with Gasteiger partial charge in [-0.15, -0.1) is 11.3 Å². The zero-order valence-electron chi connectivity index (χ0n) is 15.0. The van der Waals surface area contributed by atoms with Crippen LogP contribution in [0, 0.1) is 6.92 Å². The van der Waals surface area contributed by atoms with Gasteiger partial charge >= 0.3 is 0 Å². The first kappa shape index (κ1) is 18.3. The Labute approximate surface area is 156 Å². The third-order valence-electron chi connectivity index (χ3n) is 4.26. The normalized spacial score (nSPS) is 14.4. The summed E-state index contributed by atoms with van der Waals surface area (Å²) < 4.78 is 5.67. The van der Waals surface area contributed by atoms with Crippen molar-refractivity contribution in [3.05, 3.63) is 40.1 Å². The highest BCUT2D eigenvalue weighted by molar-refractivity contribution is 7.09. The maximum absolute atomic E-state index is 12.4. The van der Waals surface area contributed by atoms with Crippen LogP contribution in [0.25, 0.3) is 0 Å². The van der Waals surface area contributed by atoms with Gasteiger partial charge in [0.15, 0.2) is 0 Å². The van der Waals surface area contributed by atoms with Crippen molar-refractivity contribution in [2.24, 2.45) is 0 Å². The first-order valence-corrected chi connectivity index (χ1v) is 9.41. The standard InChI is InChI=1S/C18H22N4O3S/c1-13-3-4-16(10-19-13)25-11-17-20-15(12-26-17)9-18(24)22-7-5-21(6-8-22)14(2)23/h3-4,10,12H,5-9,11H2,1-2H3. The molecule has 3 rings (SSSR count). The van der Waals surface area contributed by atoms with Crippen LogP contribution in [0.1, 0.15) is 23.3 Å². The quantitative estimate of drug-likeness (QED) is 0.796. The van der Waals surface area contributed by atoms with Gasteiger partial charge in [0.25, 0.3) is 0 Å². The third kappa shape index (κ3) is 4.78. The maximum atomic E-state index is 12.4. The van der Waals surface area contributed by atoms with Gasteiger partial charge in [0.1, 0.15) is 17.4 Å². The molecule has 0 spiro atoms. The number of nitrogens with zero attached hydrogens (tertiary/aromatic N) is 4. The van der Waals surface area contributed by atoms with Gasteiger partial charge in [-0.2, -0.15) is 0 Å². The Morgan fingerprint density at radius 1 is 1.19 bits per heavy atom. The molecular formula is C18H22N4O3S. The van der Waals surface area contributed by atoms with Crippen LogP contribution >= 0.6 is 11.3 Å². The third-order valence-corrected chi connectivity index (χ3v) is 5.13. The lowest BCUT2D eigenvalue weighted by atomic mass is 10.2. The van der Waals surface area contributed by atoms with Crippen LogP contribution in [-0.4, -0.2) is 57.8 Å². The van der Waals surface area contributed by atoms with E-state index in [1.807, 2.05) is 24.4 Å². The molecule has 0 radical (unpaired) electrons. The summed E-state index contributed by atoms with van der Waals surface area (Å²) in [6, 6.07) is 3.77. The summed E-state index contributed by atoms with van der Waals surface area (Å²) in [6.07, 6.45) is 1.97. The summed E-state index contributed by atoms with van der Waals surface area (Å²) in [7, 11) is 0. The zero-order valence-corrected chi connectivity index (χ0v) is 15.8. The van der Waals surface area contributed by atoms with Crippen LogP contribution in [0.2, 0.25) is 0 Å². The van der Waals surface area contributed by atoms with Crippen LogP contribution in [0.4, 0.5) is 0 Å². The summed E-state index contributed by atoms with van der Waals surface area (Å²) in [6.45, 7) is 6.21. The van der Waals surface area contributed by atoms with Crippen molar-refractivity contribution in [2.45, 2.75) is 26.9 Å². The summed E-state index contributed by atoms with van der Waals surface area (Å²) >= 11 is 1.48. The van der Waals surface area contributed by atoms with Gasteiger partial charge in [-0.05, 0) is 19.1 Å². The molecule has 3 heterocycles. The van der Waals surface area contributed by atoms with Crippen LogP contribution in [0.3, 0.4) is 0 Å². The van der Waals surface area contributed by atoms with E-state index >= 15 is 0 Å². The number of carbonyl (C=O) groups excluding carboxylic acids is 2. The van der Waals surface area contributed by atoms with Crippen molar-refractivity contribution in [3.63, 3.8) is 0 Å². The number of carbonyl (C=O) groups is 2. The number of rotatable bonds is 5. The number of ether oxygens (including phenoxy) is 1. The molecule has 0 N–H and O–H groups in total. The van der Waals surface area contributed by atoms with E-state index in [2.05, 4.69) is 9.97 Å². The van der Waals surface area contributed by atoms with Gasteiger partial charge in [0.05, 0.1) is 18.3 Å². The fraction of sp³-hybridized carbons (Fsp3) is 0.444. The maximum Gasteiger partial charge on any atom is 0.228 e. The van der Waals surface area contributed by atoms with E-state index in [1.54, 1.807) is 22.9 Å². The van der Waals surface area contributed by atoms with Gasteiger partial charge in [0, 0.05) is 44.2 Å². The number of aromatic nitrogens is 2. The van der Waals surface area contributed by atoms with Crippen LogP contribution in [0.15, 0.2) is 23.7 Å². The zero-order chi connectivity index (χ0) is 18.5. The van der Waals surface area contributed by atoms with Crippen molar-refractivity contribution in [3.8, 4) is 5.75 Å². The van der Waals surface area contributed by atoms with E-state index in [9.17, 15) is 9.59 Å². The van der Waals surface area contributed by atoms with Crippen molar-refractivity contribution >= 4 is 23.2 Å². The monoisotopic (exact) mass is 374 g/mol. The lowest BCUT2D eigenvalue weighted by molar-refractivity contribution is -0.138. The predicted molar refractivity (Wildman–Crippen MR) is 98.0 cm³/mol. The molecule has 0 saturated carbocycles. The highest BCUT2D eigenvalue weighted by atomic mass is 32.1. The Balaban J connectivity index is 1.48. The molecule has 26 heavy (non-hydrogen) atoms. The largest absolute Gasteiger partial charge is 0.485 e. The Morgan fingerprint density at radius 2 is 1.92 bits per heavy atom. The molecular weight excluding hydrogens is 352 g/mol.